The van der Waals surface area contributed by atoms with Crippen LogP contribution in [0.5, 0.6) is 5.75 Å². The van der Waals surface area contributed by atoms with Gasteiger partial charge in [0.25, 0.3) is 0 Å². The zero-order chi connectivity index (χ0) is 18.7. The maximum atomic E-state index is 14.5. The minimum Gasteiger partial charge on any atom is -0.497 e. The van der Waals surface area contributed by atoms with E-state index in [2.05, 4.69) is 5.32 Å². The van der Waals surface area contributed by atoms with Crippen LogP contribution in [0, 0.1) is 11.6 Å². The van der Waals surface area contributed by atoms with Gasteiger partial charge in [-0.1, -0.05) is 24.3 Å². The lowest BCUT2D eigenvalue weighted by Crippen LogP contribution is -2.05. The van der Waals surface area contributed by atoms with Crippen LogP contribution < -0.4 is 10.1 Å². The highest BCUT2D eigenvalue weighted by atomic mass is 19.1. The Hall–Kier alpha value is -3.41. The van der Waals surface area contributed by atoms with Gasteiger partial charge in [-0.05, 0) is 47.5 Å². The lowest BCUT2D eigenvalue weighted by atomic mass is 10.0. The molecule has 26 heavy (non-hydrogen) atoms. The van der Waals surface area contributed by atoms with Gasteiger partial charge in [0, 0.05) is 0 Å². The summed E-state index contributed by atoms with van der Waals surface area (Å²) in [4.78, 5) is 11.2. The SMILES string of the molecule is COc1cccc(-c2cc(F)c(Nc3ccccc3C(=O)O)c(F)c2)c1. The van der Waals surface area contributed by atoms with E-state index >= 15 is 0 Å². The number of hydrogen-bond acceptors (Lipinski definition) is 3. The van der Waals surface area contributed by atoms with E-state index in [0.717, 1.165) is 0 Å². The van der Waals surface area contributed by atoms with Crippen molar-refractivity contribution in [2.75, 3.05) is 12.4 Å². The predicted octanol–water partition coefficient (Wildman–Crippen LogP) is 5.08. The molecule has 4 nitrogen and oxygen atoms in total. The summed E-state index contributed by atoms with van der Waals surface area (Å²) in [7, 11) is 1.51. The molecule has 0 amide bonds. The first-order valence-electron chi connectivity index (χ1n) is 7.72. The van der Waals surface area contributed by atoms with Crippen molar-refractivity contribution in [3.63, 3.8) is 0 Å². The Balaban J connectivity index is 1.99. The molecule has 132 valence electrons. The number of halogens is 2. The van der Waals surface area contributed by atoms with E-state index in [1.807, 2.05) is 0 Å². The Morgan fingerprint density at radius 2 is 1.65 bits per heavy atom. The number of hydrogen-bond donors (Lipinski definition) is 2. The van der Waals surface area contributed by atoms with Crippen molar-refractivity contribution in [3.8, 4) is 16.9 Å². The molecule has 3 aromatic rings. The largest absolute Gasteiger partial charge is 0.497 e. The molecule has 0 saturated heterocycles. The minimum atomic E-state index is -1.19. The molecule has 0 saturated carbocycles. The third kappa shape index (κ3) is 3.49. The summed E-state index contributed by atoms with van der Waals surface area (Å²) in [6.45, 7) is 0. The summed E-state index contributed by atoms with van der Waals surface area (Å²) in [5, 5.41) is 11.7. The van der Waals surface area contributed by atoms with E-state index < -0.39 is 23.3 Å². The van der Waals surface area contributed by atoms with Crippen molar-refractivity contribution < 1.29 is 23.4 Å². The van der Waals surface area contributed by atoms with Crippen molar-refractivity contribution in [2.45, 2.75) is 0 Å². The second kappa shape index (κ2) is 7.23. The molecule has 3 rings (SSSR count). The van der Waals surface area contributed by atoms with Gasteiger partial charge in [-0.25, -0.2) is 13.6 Å². The number of nitrogens with one attached hydrogen (secondary N) is 1. The van der Waals surface area contributed by atoms with Crippen molar-refractivity contribution in [2.24, 2.45) is 0 Å². The van der Waals surface area contributed by atoms with Gasteiger partial charge < -0.3 is 15.2 Å². The molecule has 2 N–H and O–H groups in total. The highest BCUT2D eigenvalue weighted by molar-refractivity contribution is 5.95. The van der Waals surface area contributed by atoms with Crippen LogP contribution in [0.15, 0.2) is 60.7 Å². The van der Waals surface area contributed by atoms with Gasteiger partial charge in [0.1, 0.15) is 23.1 Å². The fourth-order valence-electron chi connectivity index (χ4n) is 2.58. The lowest BCUT2D eigenvalue weighted by molar-refractivity contribution is 0.0698. The number of benzene rings is 3. The lowest BCUT2D eigenvalue weighted by Gasteiger charge is -2.13. The first-order chi connectivity index (χ1) is 12.5. The molecule has 0 radical (unpaired) electrons. The van der Waals surface area contributed by atoms with Gasteiger partial charge in [0.05, 0.1) is 18.4 Å². The van der Waals surface area contributed by atoms with Crippen molar-refractivity contribution in [1.82, 2.24) is 0 Å². The Morgan fingerprint density at radius 1 is 0.962 bits per heavy atom. The van der Waals surface area contributed by atoms with Gasteiger partial charge in [0.2, 0.25) is 0 Å². The Kier molecular flexibility index (Phi) is 4.84. The highest BCUT2D eigenvalue weighted by Crippen LogP contribution is 2.31. The second-order valence-electron chi connectivity index (χ2n) is 5.52. The number of carbonyl (C=O) groups is 1. The average molecular weight is 355 g/mol. The van der Waals surface area contributed by atoms with Crippen LogP contribution in [0.4, 0.5) is 20.2 Å². The number of aromatic carboxylic acids is 1. The molecule has 0 aromatic heterocycles. The molecule has 0 atom stereocenters. The van der Waals surface area contributed by atoms with E-state index in [-0.39, 0.29) is 11.3 Å². The number of carboxylic acid groups (broad SMARTS) is 1. The predicted molar refractivity (Wildman–Crippen MR) is 95.0 cm³/mol. The molecule has 0 spiro atoms. The number of para-hydroxylation sites is 1. The first kappa shape index (κ1) is 17.4. The number of methoxy groups -OCH3 is 1. The van der Waals surface area contributed by atoms with Crippen molar-refractivity contribution >= 4 is 17.3 Å². The third-order valence-corrected chi connectivity index (χ3v) is 3.86. The topological polar surface area (TPSA) is 58.6 Å². The van der Waals surface area contributed by atoms with Gasteiger partial charge in [-0.3, -0.25) is 0 Å². The fraction of sp³-hybridized carbons (Fsp3) is 0.0500. The van der Waals surface area contributed by atoms with E-state index in [4.69, 9.17) is 4.74 Å². The smallest absolute Gasteiger partial charge is 0.337 e. The summed E-state index contributed by atoms with van der Waals surface area (Å²) in [5.74, 6) is -2.28. The van der Waals surface area contributed by atoms with Crippen LogP contribution >= 0.6 is 0 Å². The summed E-state index contributed by atoms with van der Waals surface area (Å²) in [6, 6.07) is 15.1. The Labute approximate surface area is 148 Å². The van der Waals surface area contributed by atoms with E-state index in [1.54, 1.807) is 30.3 Å². The average Bonchev–Trinajstić information content (AvgIpc) is 2.64. The van der Waals surface area contributed by atoms with Crippen LogP contribution in [0.25, 0.3) is 11.1 Å². The van der Waals surface area contributed by atoms with Crippen LogP contribution in [-0.4, -0.2) is 18.2 Å². The first-order valence-corrected chi connectivity index (χ1v) is 7.72. The highest BCUT2D eigenvalue weighted by Gasteiger charge is 2.16. The molecule has 0 heterocycles. The number of ether oxygens (including phenoxy) is 1. The summed E-state index contributed by atoms with van der Waals surface area (Å²) in [6.07, 6.45) is 0. The molecule has 0 bridgehead atoms. The molecule has 0 aliphatic carbocycles. The van der Waals surface area contributed by atoms with Gasteiger partial charge >= 0.3 is 5.97 Å². The zero-order valence-electron chi connectivity index (χ0n) is 13.8. The molecule has 6 heteroatoms. The van der Waals surface area contributed by atoms with Gasteiger partial charge in [-0.2, -0.15) is 0 Å². The fourth-order valence-corrected chi connectivity index (χ4v) is 2.58. The third-order valence-electron chi connectivity index (χ3n) is 3.86. The van der Waals surface area contributed by atoms with Crippen LogP contribution in [0.2, 0.25) is 0 Å². The molecular weight excluding hydrogens is 340 g/mol. The van der Waals surface area contributed by atoms with Crippen LogP contribution in [-0.2, 0) is 0 Å². The summed E-state index contributed by atoms with van der Waals surface area (Å²) < 4.78 is 34.2. The molecular formula is C20H15F2NO3. The quantitative estimate of drug-likeness (QED) is 0.670. The number of rotatable bonds is 5. The normalized spacial score (nSPS) is 10.4. The monoisotopic (exact) mass is 355 g/mol. The number of carboxylic acids is 1. The van der Waals surface area contributed by atoms with E-state index in [9.17, 15) is 18.7 Å². The maximum absolute atomic E-state index is 14.5. The van der Waals surface area contributed by atoms with E-state index in [0.29, 0.717) is 16.9 Å². The Bertz CT molecular complexity index is 950. The molecule has 0 unspecified atom stereocenters. The van der Waals surface area contributed by atoms with Gasteiger partial charge in [-0.15, -0.1) is 0 Å². The van der Waals surface area contributed by atoms with Crippen LogP contribution in [0.3, 0.4) is 0 Å². The minimum absolute atomic E-state index is 0.0804. The molecule has 0 aliphatic rings. The van der Waals surface area contributed by atoms with Gasteiger partial charge in [0.15, 0.2) is 0 Å². The van der Waals surface area contributed by atoms with Crippen molar-refractivity contribution in [3.05, 3.63) is 77.9 Å². The van der Waals surface area contributed by atoms with Crippen molar-refractivity contribution in [1.29, 1.82) is 0 Å². The molecule has 0 fully saturated rings. The second-order valence-corrected chi connectivity index (χ2v) is 5.52. The number of anilines is 2. The maximum Gasteiger partial charge on any atom is 0.337 e. The summed E-state index contributed by atoms with van der Waals surface area (Å²) in [5.41, 5.74) is 0.552. The van der Waals surface area contributed by atoms with Crippen LogP contribution in [0.1, 0.15) is 10.4 Å². The summed E-state index contributed by atoms with van der Waals surface area (Å²) >= 11 is 0. The Morgan fingerprint density at radius 3 is 2.31 bits per heavy atom. The molecule has 0 aliphatic heterocycles. The zero-order valence-corrected chi connectivity index (χ0v) is 13.8. The standard InChI is InChI=1S/C20H15F2NO3/c1-26-14-6-4-5-12(9-14)13-10-16(21)19(17(22)11-13)23-18-8-3-2-7-15(18)20(24)25/h2-11,23H,1H3,(H,24,25). The molecule has 3 aromatic carbocycles. The van der Waals surface area contributed by atoms with E-state index in [1.165, 1.54) is 37.4 Å².